The summed E-state index contributed by atoms with van der Waals surface area (Å²) < 4.78 is 1.82. The summed E-state index contributed by atoms with van der Waals surface area (Å²) in [6, 6.07) is 0.182. The summed E-state index contributed by atoms with van der Waals surface area (Å²) in [5.41, 5.74) is 5.72. The summed E-state index contributed by atoms with van der Waals surface area (Å²) in [5, 5.41) is 11.3. The van der Waals surface area contributed by atoms with Crippen LogP contribution >= 0.6 is 11.8 Å². The number of amides is 1. The van der Waals surface area contributed by atoms with Crippen LogP contribution in [-0.2, 0) is 4.79 Å². The van der Waals surface area contributed by atoms with Crippen LogP contribution in [0.25, 0.3) is 0 Å². The van der Waals surface area contributed by atoms with Gasteiger partial charge in [0.25, 0.3) is 0 Å². The lowest BCUT2D eigenvalue weighted by molar-refractivity contribution is -0.118. The van der Waals surface area contributed by atoms with Crippen LogP contribution in [0.2, 0.25) is 0 Å². The van der Waals surface area contributed by atoms with Gasteiger partial charge in [-0.05, 0) is 19.8 Å². The van der Waals surface area contributed by atoms with E-state index in [2.05, 4.69) is 29.4 Å². The van der Waals surface area contributed by atoms with Gasteiger partial charge in [0.15, 0.2) is 5.16 Å². The van der Waals surface area contributed by atoms with Crippen molar-refractivity contribution >= 4 is 23.6 Å². The average molecular weight is 271 g/mol. The molecule has 6 nitrogen and oxygen atoms in total. The minimum atomic E-state index is 0.00516. The molecule has 0 bridgehead atoms. The van der Waals surface area contributed by atoms with E-state index in [1.807, 2.05) is 18.4 Å². The number of anilines is 1. The minimum absolute atomic E-state index is 0.00516. The van der Waals surface area contributed by atoms with E-state index in [-0.39, 0.29) is 11.9 Å². The molecular formula is C11H21N5OS. The minimum Gasteiger partial charge on any atom is -0.368 e. The van der Waals surface area contributed by atoms with E-state index < -0.39 is 0 Å². The summed E-state index contributed by atoms with van der Waals surface area (Å²) in [6.45, 7) is 8.82. The van der Waals surface area contributed by atoms with E-state index in [1.165, 1.54) is 11.8 Å². The van der Waals surface area contributed by atoms with E-state index in [4.69, 9.17) is 5.73 Å². The number of nitrogens with zero attached hydrogens (tertiary/aromatic N) is 3. The Balaban J connectivity index is 2.51. The molecule has 0 aliphatic heterocycles. The summed E-state index contributed by atoms with van der Waals surface area (Å²) in [6.07, 6.45) is 0. The molecule has 7 heteroatoms. The Morgan fingerprint density at radius 3 is 2.61 bits per heavy atom. The molecule has 0 spiro atoms. The molecular weight excluding hydrogens is 250 g/mol. The largest absolute Gasteiger partial charge is 0.368 e. The number of carbonyl (C=O) groups is 1. The second kappa shape index (κ2) is 6.63. The Morgan fingerprint density at radius 1 is 1.39 bits per heavy atom. The topological polar surface area (TPSA) is 85.8 Å². The number of aromatic nitrogens is 3. The molecule has 1 heterocycles. The highest BCUT2D eigenvalue weighted by Crippen LogP contribution is 2.22. The van der Waals surface area contributed by atoms with Crippen molar-refractivity contribution in [2.45, 2.75) is 38.9 Å². The van der Waals surface area contributed by atoms with Crippen LogP contribution in [0.5, 0.6) is 0 Å². The van der Waals surface area contributed by atoms with E-state index in [9.17, 15) is 4.79 Å². The highest BCUT2D eigenvalue weighted by Gasteiger charge is 2.14. The van der Waals surface area contributed by atoms with Crippen molar-refractivity contribution in [2.24, 2.45) is 5.92 Å². The molecule has 102 valence electrons. The van der Waals surface area contributed by atoms with Gasteiger partial charge in [0, 0.05) is 12.6 Å². The number of rotatable bonds is 6. The zero-order chi connectivity index (χ0) is 13.7. The van der Waals surface area contributed by atoms with Gasteiger partial charge in [-0.2, -0.15) is 0 Å². The van der Waals surface area contributed by atoms with Crippen LogP contribution in [-0.4, -0.2) is 33.0 Å². The quantitative estimate of drug-likeness (QED) is 0.762. The van der Waals surface area contributed by atoms with Crippen molar-refractivity contribution in [3.8, 4) is 0 Å². The molecule has 0 radical (unpaired) electrons. The summed E-state index contributed by atoms with van der Waals surface area (Å²) >= 11 is 1.35. The molecule has 1 aromatic rings. The van der Waals surface area contributed by atoms with Crippen molar-refractivity contribution in [3.05, 3.63) is 0 Å². The molecule has 0 aromatic carbocycles. The van der Waals surface area contributed by atoms with Gasteiger partial charge in [-0.1, -0.05) is 25.6 Å². The fourth-order valence-corrected chi connectivity index (χ4v) is 2.28. The van der Waals surface area contributed by atoms with Gasteiger partial charge in [-0.3, -0.25) is 9.36 Å². The number of nitrogen functional groups attached to an aromatic ring is 1. The Bertz CT molecular complexity index is 402. The molecule has 1 aromatic heterocycles. The molecule has 1 amide bonds. The predicted octanol–water partition coefficient (Wildman–Crippen LogP) is 1.31. The summed E-state index contributed by atoms with van der Waals surface area (Å²) in [7, 11) is 0. The molecule has 0 unspecified atom stereocenters. The monoisotopic (exact) mass is 271 g/mol. The van der Waals surface area contributed by atoms with E-state index >= 15 is 0 Å². The summed E-state index contributed by atoms with van der Waals surface area (Å²) in [4.78, 5) is 11.6. The zero-order valence-corrected chi connectivity index (χ0v) is 12.1. The van der Waals surface area contributed by atoms with Gasteiger partial charge in [-0.25, -0.2) is 0 Å². The Kier molecular flexibility index (Phi) is 5.46. The smallest absolute Gasteiger partial charge is 0.230 e. The van der Waals surface area contributed by atoms with Gasteiger partial charge in [-0.15, -0.1) is 10.2 Å². The molecule has 0 saturated carbocycles. The predicted molar refractivity (Wildman–Crippen MR) is 73.4 cm³/mol. The maximum absolute atomic E-state index is 11.6. The van der Waals surface area contributed by atoms with Crippen molar-refractivity contribution < 1.29 is 4.79 Å². The van der Waals surface area contributed by atoms with Gasteiger partial charge in [0.1, 0.15) is 0 Å². The van der Waals surface area contributed by atoms with E-state index in [1.54, 1.807) is 0 Å². The van der Waals surface area contributed by atoms with Crippen LogP contribution in [0.3, 0.4) is 0 Å². The zero-order valence-electron chi connectivity index (χ0n) is 11.3. The number of nitrogens with two attached hydrogens (primary N) is 1. The summed E-state index contributed by atoms with van der Waals surface area (Å²) in [5.74, 6) is 1.17. The highest BCUT2D eigenvalue weighted by molar-refractivity contribution is 7.99. The van der Waals surface area contributed by atoms with Gasteiger partial charge in [0.2, 0.25) is 11.9 Å². The molecule has 1 rings (SSSR count). The molecule has 0 aliphatic carbocycles. The Hall–Kier alpha value is -1.24. The lowest BCUT2D eigenvalue weighted by atomic mass is 10.2. The van der Waals surface area contributed by atoms with Gasteiger partial charge >= 0.3 is 0 Å². The normalized spacial score (nSPS) is 11.2. The van der Waals surface area contributed by atoms with E-state index in [0.29, 0.717) is 29.3 Å². The molecule has 0 atom stereocenters. The number of carbonyl (C=O) groups excluding carboxylic acids is 1. The van der Waals surface area contributed by atoms with Crippen molar-refractivity contribution in [3.63, 3.8) is 0 Å². The maximum atomic E-state index is 11.6. The fourth-order valence-electron chi connectivity index (χ4n) is 1.37. The van der Waals surface area contributed by atoms with Crippen LogP contribution < -0.4 is 11.1 Å². The SMILES string of the molecule is CC(C)CNC(=O)CSc1nnc(N)n1C(C)C. The molecule has 3 N–H and O–H groups in total. The lowest BCUT2D eigenvalue weighted by Crippen LogP contribution is -2.28. The first-order chi connectivity index (χ1) is 8.41. The average Bonchev–Trinajstić information content (AvgIpc) is 2.65. The third kappa shape index (κ3) is 4.21. The Labute approximate surface area is 112 Å². The first-order valence-electron chi connectivity index (χ1n) is 6.01. The third-order valence-corrected chi connectivity index (χ3v) is 3.19. The van der Waals surface area contributed by atoms with Gasteiger partial charge in [0.05, 0.1) is 5.75 Å². The van der Waals surface area contributed by atoms with Crippen LogP contribution in [0.4, 0.5) is 5.95 Å². The van der Waals surface area contributed by atoms with Crippen LogP contribution in [0.15, 0.2) is 5.16 Å². The van der Waals surface area contributed by atoms with Crippen LogP contribution in [0.1, 0.15) is 33.7 Å². The van der Waals surface area contributed by atoms with Crippen molar-refractivity contribution in [2.75, 3.05) is 18.0 Å². The lowest BCUT2D eigenvalue weighted by Gasteiger charge is -2.11. The van der Waals surface area contributed by atoms with Gasteiger partial charge < -0.3 is 11.1 Å². The second-order valence-corrected chi connectivity index (χ2v) is 5.73. The van der Waals surface area contributed by atoms with Crippen molar-refractivity contribution in [1.29, 1.82) is 0 Å². The Morgan fingerprint density at radius 2 is 2.06 bits per heavy atom. The second-order valence-electron chi connectivity index (χ2n) is 4.79. The number of hydrogen-bond donors (Lipinski definition) is 2. The number of nitrogens with one attached hydrogen (secondary N) is 1. The third-order valence-electron chi connectivity index (χ3n) is 2.25. The maximum Gasteiger partial charge on any atom is 0.230 e. The van der Waals surface area contributed by atoms with Crippen molar-refractivity contribution in [1.82, 2.24) is 20.1 Å². The first kappa shape index (κ1) is 14.8. The number of hydrogen-bond acceptors (Lipinski definition) is 5. The molecule has 18 heavy (non-hydrogen) atoms. The number of thioether (sulfide) groups is 1. The van der Waals surface area contributed by atoms with E-state index in [0.717, 1.165) is 0 Å². The first-order valence-corrected chi connectivity index (χ1v) is 7.00. The molecule has 0 aliphatic rings. The molecule has 0 fully saturated rings. The molecule has 0 saturated heterocycles. The van der Waals surface area contributed by atoms with Crippen LogP contribution in [0, 0.1) is 5.92 Å². The fraction of sp³-hybridized carbons (Fsp3) is 0.727. The highest BCUT2D eigenvalue weighted by atomic mass is 32.2. The standard InChI is InChI=1S/C11H21N5OS/c1-7(2)5-13-9(17)6-18-11-15-14-10(12)16(11)8(3)4/h7-8H,5-6H2,1-4H3,(H2,12,14)(H,13,17).